The van der Waals surface area contributed by atoms with E-state index in [0.717, 1.165) is 0 Å². The van der Waals surface area contributed by atoms with E-state index in [1.54, 1.807) is 26.5 Å². The van der Waals surface area contributed by atoms with Crippen LogP contribution in [0.3, 0.4) is 0 Å². The van der Waals surface area contributed by atoms with Crippen molar-refractivity contribution in [3.8, 4) is 0 Å². The predicted molar refractivity (Wildman–Crippen MR) is 35.6 cm³/mol. The topological polar surface area (TPSA) is 24.7 Å². The normalized spacial score (nSPS) is 10.0. The molecule has 0 aliphatic carbocycles. The van der Waals surface area contributed by atoms with Crippen molar-refractivity contribution >= 4 is 12.4 Å². The first-order valence-corrected chi connectivity index (χ1v) is 1.74. The van der Waals surface area contributed by atoms with Crippen LogP contribution in [0.5, 0.6) is 0 Å². The van der Waals surface area contributed by atoms with E-state index in [9.17, 15) is 0 Å². The second-order valence-corrected chi connectivity index (χ2v) is 0.815. The van der Waals surface area contributed by atoms with Gasteiger partial charge in [-0.1, -0.05) is 7.43 Å². The van der Waals surface area contributed by atoms with Gasteiger partial charge in [0.25, 0.3) is 0 Å². The Kier molecular flexibility index (Phi) is 12.4. The summed E-state index contributed by atoms with van der Waals surface area (Å²) >= 11 is 0. The summed E-state index contributed by atoms with van der Waals surface area (Å²) in [4.78, 5) is 7.30. The quantitative estimate of drug-likeness (QED) is 0.439. The van der Waals surface area contributed by atoms with E-state index in [2.05, 4.69) is 9.98 Å². The monoisotopic (exact) mass is 100 g/mol. The van der Waals surface area contributed by atoms with E-state index in [4.69, 9.17) is 0 Å². The Morgan fingerprint density at radius 2 is 1.29 bits per heavy atom. The fourth-order valence-corrected chi connectivity index (χ4v) is 0.133. The maximum atomic E-state index is 3.65. The average Bonchev–Trinajstić information content (AvgIpc) is 1.61. The minimum atomic E-state index is 0. The number of nitrogens with zero attached hydrogens (tertiary/aromatic N) is 2. The summed E-state index contributed by atoms with van der Waals surface area (Å²) < 4.78 is 0. The Hall–Kier alpha value is -0.660. The van der Waals surface area contributed by atoms with Crippen molar-refractivity contribution in [3.05, 3.63) is 0 Å². The van der Waals surface area contributed by atoms with Gasteiger partial charge in [0.2, 0.25) is 0 Å². The first kappa shape index (κ1) is 9.60. The summed E-state index contributed by atoms with van der Waals surface area (Å²) in [5.74, 6) is 0. The number of rotatable bonds is 1. The Labute approximate surface area is 45.0 Å². The molecular formula is C5H12N2. The Bertz CT molecular complexity index is 54.5. The third-order valence-electron chi connectivity index (χ3n) is 0.365. The maximum absolute atomic E-state index is 3.65. The van der Waals surface area contributed by atoms with Crippen molar-refractivity contribution in [3.63, 3.8) is 0 Å². The van der Waals surface area contributed by atoms with Crippen molar-refractivity contribution in [1.29, 1.82) is 0 Å². The van der Waals surface area contributed by atoms with Crippen LogP contribution in [-0.2, 0) is 0 Å². The van der Waals surface area contributed by atoms with Gasteiger partial charge >= 0.3 is 0 Å². The standard InChI is InChI=1S/C4H8N2.CH4/c1-5-3-4-6-2;/h3-4H,1-2H3;1H4. The van der Waals surface area contributed by atoms with Crippen LogP contribution in [0.2, 0.25) is 0 Å². The van der Waals surface area contributed by atoms with Gasteiger partial charge < -0.3 is 0 Å². The zero-order valence-electron chi connectivity index (χ0n) is 4.05. The largest absolute Gasteiger partial charge is 0.295 e. The van der Waals surface area contributed by atoms with Gasteiger partial charge in [0.15, 0.2) is 0 Å². The molecule has 2 nitrogen and oxygen atoms in total. The molecule has 0 aliphatic heterocycles. The highest BCUT2D eigenvalue weighted by molar-refractivity contribution is 6.15. The smallest absolute Gasteiger partial charge is 0.0387 e. The molecule has 0 heterocycles. The summed E-state index contributed by atoms with van der Waals surface area (Å²) in [7, 11) is 3.42. The van der Waals surface area contributed by atoms with Gasteiger partial charge in [-0.3, -0.25) is 9.98 Å². The van der Waals surface area contributed by atoms with E-state index < -0.39 is 0 Å². The molecule has 0 aliphatic rings. The van der Waals surface area contributed by atoms with Crippen LogP contribution < -0.4 is 0 Å². The number of hydrogen-bond donors (Lipinski definition) is 0. The number of aliphatic imine (C=N–C) groups is 2. The molecule has 42 valence electrons. The molecule has 0 aromatic carbocycles. The van der Waals surface area contributed by atoms with Crippen LogP contribution in [-0.4, -0.2) is 26.5 Å². The van der Waals surface area contributed by atoms with Crippen molar-refractivity contribution in [1.82, 2.24) is 0 Å². The highest BCUT2D eigenvalue weighted by Gasteiger charge is 1.49. The molecule has 0 spiro atoms. The lowest BCUT2D eigenvalue weighted by Crippen LogP contribution is -1.69. The highest BCUT2D eigenvalue weighted by Crippen LogP contribution is 1.46. The molecule has 0 saturated heterocycles. The molecule has 0 N–H and O–H groups in total. The van der Waals surface area contributed by atoms with Gasteiger partial charge in [0.1, 0.15) is 0 Å². The third kappa shape index (κ3) is 10.9. The van der Waals surface area contributed by atoms with Crippen LogP contribution in [0, 0.1) is 0 Å². The first-order valence-electron chi connectivity index (χ1n) is 1.74. The van der Waals surface area contributed by atoms with Crippen LogP contribution in [0.1, 0.15) is 7.43 Å². The molecule has 0 unspecified atom stereocenters. The molecular weight excluding hydrogens is 88.1 g/mol. The van der Waals surface area contributed by atoms with E-state index >= 15 is 0 Å². The molecule has 0 radical (unpaired) electrons. The van der Waals surface area contributed by atoms with Crippen molar-refractivity contribution < 1.29 is 0 Å². The van der Waals surface area contributed by atoms with Crippen molar-refractivity contribution in [2.24, 2.45) is 9.98 Å². The van der Waals surface area contributed by atoms with Crippen LogP contribution in [0.4, 0.5) is 0 Å². The fourth-order valence-electron chi connectivity index (χ4n) is 0.133. The SMILES string of the molecule is C.CN=CC=NC. The van der Waals surface area contributed by atoms with Gasteiger partial charge in [-0.15, -0.1) is 0 Å². The highest BCUT2D eigenvalue weighted by atomic mass is 14.7. The zero-order valence-corrected chi connectivity index (χ0v) is 4.05. The zero-order chi connectivity index (χ0) is 4.83. The lowest BCUT2D eigenvalue weighted by Gasteiger charge is -1.64. The van der Waals surface area contributed by atoms with E-state index in [-0.39, 0.29) is 7.43 Å². The summed E-state index contributed by atoms with van der Waals surface area (Å²) in [6, 6.07) is 0. The molecule has 0 amide bonds. The second kappa shape index (κ2) is 9.02. The van der Waals surface area contributed by atoms with Crippen molar-refractivity contribution in [2.75, 3.05) is 14.1 Å². The molecule has 7 heavy (non-hydrogen) atoms. The van der Waals surface area contributed by atoms with Crippen LogP contribution in [0.15, 0.2) is 9.98 Å². The number of hydrogen-bond acceptors (Lipinski definition) is 2. The second-order valence-electron chi connectivity index (χ2n) is 0.815. The first-order chi connectivity index (χ1) is 2.91. The van der Waals surface area contributed by atoms with E-state index in [0.29, 0.717) is 0 Å². The molecule has 0 bridgehead atoms. The molecule has 0 aromatic heterocycles. The van der Waals surface area contributed by atoms with E-state index in [1.807, 2.05) is 0 Å². The minimum absolute atomic E-state index is 0. The molecule has 0 atom stereocenters. The lowest BCUT2D eigenvalue weighted by atomic mass is 10.8. The van der Waals surface area contributed by atoms with Crippen LogP contribution in [0.25, 0.3) is 0 Å². The Morgan fingerprint density at radius 3 is 1.43 bits per heavy atom. The summed E-state index contributed by atoms with van der Waals surface area (Å²) in [6.45, 7) is 0. The summed E-state index contributed by atoms with van der Waals surface area (Å²) in [5, 5.41) is 0. The molecule has 0 rings (SSSR count). The van der Waals surface area contributed by atoms with Gasteiger partial charge in [0, 0.05) is 26.5 Å². The molecule has 2 heteroatoms. The predicted octanol–water partition coefficient (Wildman–Crippen LogP) is 1.02. The van der Waals surface area contributed by atoms with Crippen LogP contribution >= 0.6 is 0 Å². The Morgan fingerprint density at radius 1 is 1.00 bits per heavy atom. The van der Waals surface area contributed by atoms with Gasteiger partial charge in [-0.25, -0.2) is 0 Å². The van der Waals surface area contributed by atoms with E-state index in [1.165, 1.54) is 0 Å². The third-order valence-corrected chi connectivity index (χ3v) is 0.365. The summed E-state index contributed by atoms with van der Waals surface area (Å²) in [5.41, 5.74) is 0. The van der Waals surface area contributed by atoms with Gasteiger partial charge in [0.05, 0.1) is 0 Å². The summed E-state index contributed by atoms with van der Waals surface area (Å²) in [6.07, 6.45) is 3.28. The van der Waals surface area contributed by atoms with Crippen molar-refractivity contribution in [2.45, 2.75) is 7.43 Å². The fraction of sp³-hybridized carbons (Fsp3) is 0.600. The molecule has 0 fully saturated rings. The lowest BCUT2D eigenvalue weighted by molar-refractivity contribution is 1.46. The van der Waals surface area contributed by atoms with Gasteiger partial charge in [-0.2, -0.15) is 0 Å². The minimum Gasteiger partial charge on any atom is -0.295 e. The Balaban J connectivity index is 0. The maximum Gasteiger partial charge on any atom is 0.0387 e. The molecule has 0 saturated carbocycles. The van der Waals surface area contributed by atoms with Gasteiger partial charge in [-0.05, 0) is 0 Å². The average molecular weight is 100 g/mol. The molecule has 0 aromatic rings.